The second kappa shape index (κ2) is 7.25. The molecule has 23 heavy (non-hydrogen) atoms. The Labute approximate surface area is 136 Å². The normalized spacial score (nSPS) is 21.4. The smallest absolute Gasteiger partial charge is 0.237 e. The zero-order chi connectivity index (χ0) is 16.2. The van der Waals surface area contributed by atoms with Crippen molar-refractivity contribution in [3.63, 3.8) is 0 Å². The second-order valence-electron chi connectivity index (χ2n) is 6.51. The molecule has 1 saturated carbocycles. The molecule has 2 fully saturated rings. The number of rotatable bonds is 4. The van der Waals surface area contributed by atoms with E-state index in [0.29, 0.717) is 11.9 Å². The summed E-state index contributed by atoms with van der Waals surface area (Å²) in [6, 6.07) is 5.12. The van der Waals surface area contributed by atoms with Crippen LogP contribution < -0.4 is 10.2 Å². The first kappa shape index (κ1) is 16.2. The van der Waals surface area contributed by atoms with Crippen LogP contribution in [0.4, 0.5) is 10.2 Å². The van der Waals surface area contributed by atoms with Crippen LogP contribution in [0.1, 0.15) is 32.6 Å². The van der Waals surface area contributed by atoms with Crippen LogP contribution in [0.3, 0.4) is 0 Å². The van der Waals surface area contributed by atoms with Gasteiger partial charge >= 0.3 is 0 Å². The van der Waals surface area contributed by atoms with E-state index in [9.17, 15) is 9.18 Å². The van der Waals surface area contributed by atoms with E-state index in [0.717, 1.165) is 39.0 Å². The van der Waals surface area contributed by atoms with Gasteiger partial charge in [-0.3, -0.25) is 9.69 Å². The molecule has 1 saturated heterocycles. The highest BCUT2D eigenvalue weighted by atomic mass is 19.1. The van der Waals surface area contributed by atoms with Gasteiger partial charge < -0.3 is 10.2 Å². The van der Waals surface area contributed by atoms with Crippen molar-refractivity contribution in [1.82, 2.24) is 15.2 Å². The number of anilines is 1. The number of aromatic nitrogens is 1. The van der Waals surface area contributed by atoms with Crippen molar-refractivity contribution in [2.24, 2.45) is 0 Å². The molecule has 1 aliphatic carbocycles. The molecule has 0 aromatic carbocycles. The lowest BCUT2D eigenvalue weighted by atomic mass is 10.2. The minimum atomic E-state index is -0.450. The van der Waals surface area contributed by atoms with Crippen molar-refractivity contribution in [1.29, 1.82) is 0 Å². The second-order valence-corrected chi connectivity index (χ2v) is 6.51. The maximum absolute atomic E-state index is 13.2. The minimum Gasteiger partial charge on any atom is -0.354 e. The van der Waals surface area contributed by atoms with E-state index in [2.05, 4.69) is 20.1 Å². The van der Waals surface area contributed by atoms with Gasteiger partial charge in [0.25, 0.3) is 0 Å². The number of halogens is 1. The monoisotopic (exact) mass is 320 g/mol. The fourth-order valence-corrected chi connectivity index (χ4v) is 3.47. The molecule has 0 spiro atoms. The van der Waals surface area contributed by atoms with E-state index in [4.69, 9.17) is 0 Å². The third-order valence-electron chi connectivity index (χ3n) is 4.97. The van der Waals surface area contributed by atoms with Gasteiger partial charge in [0.15, 0.2) is 0 Å². The molecule has 3 rings (SSSR count). The van der Waals surface area contributed by atoms with E-state index in [-0.39, 0.29) is 11.9 Å². The predicted octanol–water partition coefficient (Wildman–Crippen LogP) is 1.79. The third-order valence-corrected chi connectivity index (χ3v) is 4.97. The summed E-state index contributed by atoms with van der Waals surface area (Å²) in [5.41, 5.74) is 0. The maximum Gasteiger partial charge on any atom is 0.237 e. The lowest BCUT2D eigenvalue weighted by Crippen LogP contribution is -2.55. The Morgan fingerprint density at radius 2 is 1.96 bits per heavy atom. The Kier molecular flexibility index (Phi) is 5.10. The Morgan fingerprint density at radius 3 is 2.61 bits per heavy atom. The van der Waals surface area contributed by atoms with Gasteiger partial charge in [-0.05, 0) is 31.9 Å². The standard InChI is InChI=1S/C17H25FN4O/c1-13(17(23)19-14-5-2-3-6-14)21-9-11-22(12-10-21)16-8-4-7-15(18)20-16/h4,7-8,13-14H,2-3,5-6,9-12H2,1H3,(H,19,23)/t13-/m1/s1. The number of carbonyl (C=O) groups is 1. The van der Waals surface area contributed by atoms with Gasteiger partial charge in [-0.1, -0.05) is 18.9 Å². The Morgan fingerprint density at radius 1 is 1.26 bits per heavy atom. The van der Waals surface area contributed by atoms with Crippen LogP contribution in [0.25, 0.3) is 0 Å². The van der Waals surface area contributed by atoms with Gasteiger partial charge in [-0.15, -0.1) is 0 Å². The molecule has 5 nitrogen and oxygen atoms in total. The molecule has 126 valence electrons. The lowest BCUT2D eigenvalue weighted by Gasteiger charge is -2.38. The molecule has 1 atom stereocenters. The molecule has 2 aliphatic rings. The van der Waals surface area contributed by atoms with Gasteiger partial charge in [0.05, 0.1) is 6.04 Å². The summed E-state index contributed by atoms with van der Waals surface area (Å²) in [6.45, 7) is 5.07. The molecular formula is C17H25FN4O. The topological polar surface area (TPSA) is 48.5 Å². The maximum atomic E-state index is 13.2. The summed E-state index contributed by atoms with van der Waals surface area (Å²) in [6.07, 6.45) is 4.66. The number of nitrogens with one attached hydrogen (secondary N) is 1. The number of pyridine rings is 1. The van der Waals surface area contributed by atoms with Gasteiger partial charge in [-0.25, -0.2) is 4.98 Å². The highest BCUT2D eigenvalue weighted by Crippen LogP contribution is 2.19. The van der Waals surface area contributed by atoms with Crippen LogP contribution in [-0.4, -0.2) is 54.1 Å². The molecule has 6 heteroatoms. The summed E-state index contributed by atoms with van der Waals surface area (Å²) in [4.78, 5) is 20.6. The number of hydrogen-bond acceptors (Lipinski definition) is 4. The van der Waals surface area contributed by atoms with Crippen molar-refractivity contribution < 1.29 is 9.18 Å². The van der Waals surface area contributed by atoms with Crippen LogP contribution in [-0.2, 0) is 4.79 Å². The molecule has 2 heterocycles. The van der Waals surface area contributed by atoms with Crippen molar-refractivity contribution in [3.05, 3.63) is 24.1 Å². The van der Waals surface area contributed by atoms with Crippen molar-refractivity contribution in [2.75, 3.05) is 31.1 Å². The van der Waals surface area contributed by atoms with Gasteiger partial charge in [0, 0.05) is 32.2 Å². The minimum absolute atomic E-state index is 0.113. The van der Waals surface area contributed by atoms with E-state index in [1.165, 1.54) is 18.9 Å². The lowest BCUT2D eigenvalue weighted by molar-refractivity contribution is -0.126. The van der Waals surface area contributed by atoms with Gasteiger partial charge in [0.2, 0.25) is 11.9 Å². The highest BCUT2D eigenvalue weighted by molar-refractivity contribution is 5.81. The first-order valence-electron chi connectivity index (χ1n) is 8.55. The predicted molar refractivity (Wildman–Crippen MR) is 87.8 cm³/mol. The van der Waals surface area contributed by atoms with Crippen LogP contribution in [0.5, 0.6) is 0 Å². The van der Waals surface area contributed by atoms with Gasteiger partial charge in [-0.2, -0.15) is 4.39 Å². The van der Waals surface area contributed by atoms with Crippen LogP contribution in [0.15, 0.2) is 18.2 Å². The fourth-order valence-electron chi connectivity index (χ4n) is 3.47. The van der Waals surface area contributed by atoms with Crippen molar-refractivity contribution in [2.45, 2.75) is 44.7 Å². The van der Waals surface area contributed by atoms with Crippen LogP contribution >= 0.6 is 0 Å². The Balaban J connectivity index is 1.50. The van der Waals surface area contributed by atoms with Crippen molar-refractivity contribution >= 4 is 11.7 Å². The average molecular weight is 320 g/mol. The SMILES string of the molecule is C[C@H](C(=O)NC1CCCC1)N1CCN(c2cccc(F)n2)CC1. The third kappa shape index (κ3) is 3.99. The number of nitrogens with zero attached hydrogens (tertiary/aromatic N) is 3. The van der Waals surface area contributed by atoms with E-state index < -0.39 is 5.95 Å². The molecule has 0 radical (unpaired) electrons. The molecule has 1 aliphatic heterocycles. The molecule has 0 unspecified atom stereocenters. The zero-order valence-corrected chi connectivity index (χ0v) is 13.7. The summed E-state index contributed by atoms with van der Waals surface area (Å²) in [7, 11) is 0. The van der Waals surface area contributed by atoms with E-state index in [1.807, 2.05) is 13.0 Å². The summed E-state index contributed by atoms with van der Waals surface area (Å²) in [5.74, 6) is 0.358. The average Bonchev–Trinajstić information content (AvgIpc) is 3.07. The van der Waals surface area contributed by atoms with Crippen LogP contribution in [0.2, 0.25) is 0 Å². The molecule has 1 aromatic rings. The van der Waals surface area contributed by atoms with Gasteiger partial charge in [0.1, 0.15) is 5.82 Å². The summed E-state index contributed by atoms with van der Waals surface area (Å²) >= 11 is 0. The Hall–Kier alpha value is -1.69. The molecule has 0 bridgehead atoms. The number of hydrogen-bond donors (Lipinski definition) is 1. The molecule has 1 amide bonds. The number of amides is 1. The Bertz CT molecular complexity index is 539. The quantitative estimate of drug-likeness (QED) is 0.859. The molecule has 1 aromatic heterocycles. The van der Waals surface area contributed by atoms with E-state index >= 15 is 0 Å². The first-order valence-corrected chi connectivity index (χ1v) is 8.55. The van der Waals surface area contributed by atoms with Crippen molar-refractivity contribution in [3.8, 4) is 0 Å². The summed E-state index contributed by atoms with van der Waals surface area (Å²) in [5, 5.41) is 3.17. The van der Waals surface area contributed by atoms with E-state index in [1.54, 1.807) is 6.07 Å². The van der Waals surface area contributed by atoms with Crippen LogP contribution in [0, 0.1) is 5.95 Å². The largest absolute Gasteiger partial charge is 0.354 e. The molecular weight excluding hydrogens is 295 g/mol. The first-order chi connectivity index (χ1) is 11.1. The number of piperazine rings is 1. The zero-order valence-electron chi connectivity index (χ0n) is 13.7. The molecule has 1 N–H and O–H groups in total. The number of carbonyl (C=O) groups excluding carboxylic acids is 1. The fraction of sp³-hybridized carbons (Fsp3) is 0.647. The highest BCUT2D eigenvalue weighted by Gasteiger charge is 2.28. The summed E-state index contributed by atoms with van der Waals surface area (Å²) < 4.78 is 13.2.